The van der Waals surface area contributed by atoms with Crippen molar-refractivity contribution in [3.8, 4) is 5.88 Å². The van der Waals surface area contributed by atoms with Crippen LogP contribution in [-0.4, -0.2) is 35.5 Å². The van der Waals surface area contributed by atoms with E-state index in [1.54, 1.807) is 31.2 Å². The second-order valence-corrected chi connectivity index (χ2v) is 4.25. The Morgan fingerprint density at radius 2 is 2.05 bits per heavy atom. The third-order valence-electron chi connectivity index (χ3n) is 2.92. The summed E-state index contributed by atoms with van der Waals surface area (Å²) in [6.07, 6.45) is -0.887. The average Bonchev–Trinajstić information content (AvgIpc) is 2.78. The summed E-state index contributed by atoms with van der Waals surface area (Å²) >= 11 is 0. The van der Waals surface area contributed by atoms with Crippen LogP contribution in [0.3, 0.4) is 0 Å². The molecule has 0 saturated heterocycles. The third-order valence-corrected chi connectivity index (χ3v) is 2.92. The molecule has 22 heavy (non-hydrogen) atoms. The van der Waals surface area contributed by atoms with Gasteiger partial charge in [0.2, 0.25) is 5.88 Å². The van der Waals surface area contributed by atoms with Gasteiger partial charge in [-0.3, -0.25) is 9.36 Å². The van der Waals surface area contributed by atoms with Gasteiger partial charge in [-0.2, -0.15) is 0 Å². The number of carbonyl (C=O) groups is 2. The summed E-state index contributed by atoms with van der Waals surface area (Å²) in [6, 6.07) is 6.91. The van der Waals surface area contributed by atoms with Crippen molar-refractivity contribution < 1.29 is 24.2 Å². The maximum absolute atomic E-state index is 11.6. The van der Waals surface area contributed by atoms with Gasteiger partial charge in [-0.15, -0.1) is 5.11 Å². The molecule has 1 amide bonds. The smallest absolute Gasteiger partial charge is 0.452 e. The number of ether oxygens (including phenoxy) is 2. The van der Waals surface area contributed by atoms with Crippen LogP contribution in [0.1, 0.15) is 6.92 Å². The summed E-state index contributed by atoms with van der Waals surface area (Å²) in [5.74, 6) is -0.767. The van der Waals surface area contributed by atoms with E-state index in [0.29, 0.717) is 10.9 Å². The second kappa shape index (κ2) is 6.70. The van der Waals surface area contributed by atoms with Crippen molar-refractivity contribution in [2.24, 2.45) is 10.2 Å². The van der Waals surface area contributed by atoms with Crippen LogP contribution in [0.4, 0.5) is 10.5 Å². The lowest BCUT2D eigenvalue weighted by atomic mass is 10.2. The third kappa shape index (κ3) is 3.05. The molecule has 2 rings (SSSR count). The summed E-state index contributed by atoms with van der Waals surface area (Å²) in [7, 11) is 1.17. The first-order chi connectivity index (χ1) is 10.6. The Hall–Kier alpha value is -2.90. The zero-order valence-electron chi connectivity index (χ0n) is 12.1. The molecule has 1 aromatic heterocycles. The van der Waals surface area contributed by atoms with E-state index >= 15 is 0 Å². The zero-order valence-corrected chi connectivity index (χ0v) is 12.1. The number of rotatable bonds is 4. The van der Waals surface area contributed by atoms with Crippen LogP contribution in [0.2, 0.25) is 0 Å². The predicted octanol–water partition coefficient (Wildman–Crippen LogP) is 2.76. The van der Waals surface area contributed by atoms with E-state index in [2.05, 4.69) is 15.0 Å². The minimum atomic E-state index is -0.887. The predicted molar refractivity (Wildman–Crippen MR) is 77.2 cm³/mol. The molecule has 8 nitrogen and oxygen atoms in total. The molecule has 2 aromatic rings. The van der Waals surface area contributed by atoms with Crippen LogP contribution in [0.25, 0.3) is 10.9 Å². The molecule has 0 fully saturated rings. The van der Waals surface area contributed by atoms with Crippen molar-refractivity contribution in [3.05, 3.63) is 24.3 Å². The van der Waals surface area contributed by atoms with E-state index in [-0.39, 0.29) is 24.7 Å². The van der Waals surface area contributed by atoms with Crippen molar-refractivity contribution in [1.82, 2.24) is 4.57 Å². The Kier molecular flexibility index (Phi) is 4.72. The molecular weight excluding hydrogens is 290 g/mol. The average molecular weight is 305 g/mol. The Balaban J connectivity index is 2.49. The second-order valence-electron chi connectivity index (χ2n) is 4.25. The van der Waals surface area contributed by atoms with Crippen molar-refractivity contribution in [1.29, 1.82) is 0 Å². The number of nitrogens with zero attached hydrogens (tertiary/aromatic N) is 3. The van der Waals surface area contributed by atoms with Crippen LogP contribution < -0.4 is 0 Å². The van der Waals surface area contributed by atoms with Gasteiger partial charge in [-0.05, 0) is 13.0 Å². The van der Waals surface area contributed by atoms with E-state index in [9.17, 15) is 14.7 Å². The van der Waals surface area contributed by atoms with E-state index < -0.39 is 12.1 Å². The van der Waals surface area contributed by atoms with Gasteiger partial charge in [0.1, 0.15) is 6.54 Å². The van der Waals surface area contributed by atoms with Crippen LogP contribution >= 0.6 is 0 Å². The lowest BCUT2D eigenvalue weighted by Crippen LogP contribution is -2.12. The quantitative estimate of drug-likeness (QED) is 0.691. The van der Waals surface area contributed by atoms with Gasteiger partial charge in [0.15, 0.2) is 5.69 Å². The molecule has 0 radical (unpaired) electrons. The minimum absolute atomic E-state index is 0.0882. The van der Waals surface area contributed by atoms with Crippen molar-refractivity contribution in [2.45, 2.75) is 13.5 Å². The summed E-state index contributed by atoms with van der Waals surface area (Å²) in [6.45, 7) is 1.77. The first kappa shape index (κ1) is 15.5. The SMILES string of the molecule is CCOC(=O)Cn1c(O)c(N=NC(=O)OC)c2ccccc21. The highest BCUT2D eigenvalue weighted by Gasteiger charge is 2.19. The number of methoxy groups -OCH3 is 1. The number of aromatic hydroxyl groups is 1. The molecule has 0 bridgehead atoms. The normalized spacial score (nSPS) is 11.0. The molecule has 0 spiro atoms. The van der Waals surface area contributed by atoms with E-state index in [1.807, 2.05) is 0 Å². The number of para-hydroxylation sites is 1. The largest absolute Gasteiger partial charge is 0.493 e. The number of benzene rings is 1. The summed E-state index contributed by atoms with van der Waals surface area (Å²) < 4.78 is 10.6. The number of esters is 1. The van der Waals surface area contributed by atoms with Crippen molar-refractivity contribution in [2.75, 3.05) is 13.7 Å². The van der Waals surface area contributed by atoms with Crippen molar-refractivity contribution >= 4 is 28.7 Å². The lowest BCUT2D eigenvalue weighted by Gasteiger charge is -2.06. The number of aromatic nitrogens is 1. The molecular formula is C14H15N3O5. The van der Waals surface area contributed by atoms with Gasteiger partial charge in [0, 0.05) is 5.39 Å². The fraction of sp³-hybridized carbons (Fsp3) is 0.286. The molecule has 0 unspecified atom stereocenters. The molecule has 0 aliphatic rings. The monoisotopic (exact) mass is 305 g/mol. The van der Waals surface area contributed by atoms with Gasteiger partial charge < -0.3 is 14.6 Å². The van der Waals surface area contributed by atoms with Gasteiger partial charge in [0.25, 0.3) is 0 Å². The molecule has 8 heteroatoms. The Bertz CT molecular complexity index is 735. The number of hydrogen-bond acceptors (Lipinski definition) is 6. The first-order valence-electron chi connectivity index (χ1n) is 6.54. The van der Waals surface area contributed by atoms with Gasteiger partial charge in [0.05, 0.1) is 19.2 Å². The summed E-state index contributed by atoms with van der Waals surface area (Å²) in [4.78, 5) is 22.7. The fourth-order valence-electron chi connectivity index (χ4n) is 2.00. The van der Waals surface area contributed by atoms with E-state index in [0.717, 1.165) is 0 Å². The van der Waals surface area contributed by atoms with Crippen LogP contribution in [0.5, 0.6) is 5.88 Å². The molecule has 0 atom stereocenters. The number of hydrogen-bond donors (Lipinski definition) is 1. The van der Waals surface area contributed by atoms with Gasteiger partial charge in [-0.1, -0.05) is 23.3 Å². The Labute approximate surface area is 126 Å². The molecule has 1 heterocycles. The van der Waals surface area contributed by atoms with Crippen LogP contribution in [0.15, 0.2) is 34.5 Å². The number of azo groups is 1. The van der Waals surface area contributed by atoms with Crippen LogP contribution in [0, 0.1) is 0 Å². The Morgan fingerprint density at radius 3 is 2.73 bits per heavy atom. The minimum Gasteiger partial charge on any atom is -0.493 e. The van der Waals surface area contributed by atoms with E-state index in [1.165, 1.54) is 11.7 Å². The maximum Gasteiger partial charge on any atom is 0.452 e. The Morgan fingerprint density at radius 1 is 1.32 bits per heavy atom. The lowest BCUT2D eigenvalue weighted by molar-refractivity contribution is -0.143. The van der Waals surface area contributed by atoms with E-state index in [4.69, 9.17) is 4.74 Å². The van der Waals surface area contributed by atoms with Crippen molar-refractivity contribution in [3.63, 3.8) is 0 Å². The molecule has 1 aromatic carbocycles. The molecule has 0 aliphatic carbocycles. The standard InChI is InChI=1S/C14H15N3O5/c1-3-22-11(18)8-17-10-7-5-4-6-9(10)12(13(17)19)15-16-14(20)21-2/h4-7,19H,3,8H2,1-2H3. The highest BCUT2D eigenvalue weighted by molar-refractivity contribution is 5.96. The molecule has 116 valence electrons. The topological polar surface area (TPSA) is 102 Å². The maximum atomic E-state index is 11.6. The molecule has 1 N–H and O–H groups in total. The fourth-order valence-corrected chi connectivity index (χ4v) is 2.00. The van der Waals surface area contributed by atoms with Gasteiger partial charge >= 0.3 is 12.1 Å². The van der Waals surface area contributed by atoms with Gasteiger partial charge in [-0.25, -0.2) is 4.79 Å². The summed E-state index contributed by atoms with van der Waals surface area (Å²) in [5.41, 5.74) is 0.664. The molecule has 0 aliphatic heterocycles. The molecule has 0 saturated carbocycles. The number of fused-ring (bicyclic) bond motifs is 1. The van der Waals surface area contributed by atoms with Crippen LogP contribution in [-0.2, 0) is 20.8 Å². The number of carbonyl (C=O) groups excluding carboxylic acids is 2. The first-order valence-corrected chi connectivity index (χ1v) is 6.54. The highest BCUT2D eigenvalue weighted by Crippen LogP contribution is 2.38. The number of amides is 1. The highest BCUT2D eigenvalue weighted by atomic mass is 16.5. The summed E-state index contributed by atoms with van der Waals surface area (Å²) in [5, 5.41) is 17.9. The zero-order chi connectivity index (χ0) is 16.1.